The van der Waals surface area contributed by atoms with Gasteiger partial charge in [-0.05, 0) is 36.8 Å². The van der Waals surface area contributed by atoms with Crippen LogP contribution in [-0.4, -0.2) is 39.6 Å². The van der Waals surface area contributed by atoms with Crippen LogP contribution in [0.4, 0.5) is 0 Å². The third kappa shape index (κ3) is 2.50. The lowest BCUT2D eigenvalue weighted by Gasteiger charge is -2.24. The fourth-order valence-electron chi connectivity index (χ4n) is 5.37. The highest BCUT2D eigenvalue weighted by Gasteiger charge is 2.55. The third-order valence-electron chi connectivity index (χ3n) is 7.15. The van der Waals surface area contributed by atoms with E-state index in [0.717, 1.165) is 24.1 Å². The lowest BCUT2D eigenvalue weighted by atomic mass is 9.92. The summed E-state index contributed by atoms with van der Waals surface area (Å²) in [5.41, 5.74) is 4.77. The third-order valence-corrected chi connectivity index (χ3v) is 7.15. The first-order valence-corrected chi connectivity index (χ1v) is 10.1. The van der Waals surface area contributed by atoms with E-state index >= 15 is 0 Å². The van der Waals surface area contributed by atoms with Gasteiger partial charge < -0.3 is 10.2 Å². The topological polar surface area (TPSA) is 67.2 Å². The molecule has 146 valence electrons. The van der Waals surface area contributed by atoms with Gasteiger partial charge in [-0.1, -0.05) is 24.3 Å². The molecule has 3 aliphatic rings. The minimum atomic E-state index is -0.363. The molecule has 1 aromatic heterocycles. The maximum Gasteiger partial charge on any atom is 0.226 e. The van der Waals surface area contributed by atoms with Crippen LogP contribution in [0.2, 0.25) is 0 Å². The van der Waals surface area contributed by atoms with E-state index < -0.39 is 0 Å². The van der Waals surface area contributed by atoms with Crippen LogP contribution in [-0.2, 0) is 23.1 Å². The Morgan fingerprint density at radius 1 is 1.21 bits per heavy atom. The number of hydrogen-bond acceptors (Lipinski definition) is 3. The summed E-state index contributed by atoms with van der Waals surface area (Å²) in [5, 5.41) is 7.62. The normalized spacial score (nSPS) is 30.8. The SMILES string of the molecule is Cc1c(C2C(C(=O)NC3C4CCc5ccccc5C43)CC(=O)N2C)cnn1C. The van der Waals surface area contributed by atoms with Gasteiger partial charge in [0.2, 0.25) is 11.8 Å². The molecule has 1 aliphatic heterocycles. The van der Waals surface area contributed by atoms with E-state index in [-0.39, 0.29) is 36.2 Å². The fraction of sp³-hybridized carbons (Fsp3) is 0.500. The summed E-state index contributed by atoms with van der Waals surface area (Å²) in [6, 6.07) is 8.55. The molecular formula is C22H26N4O2. The number of nitrogens with zero attached hydrogens (tertiary/aromatic N) is 3. The molecule has 5 atom stereocenters. The number of rotatable bonds is 3. The number of aryl methyl sites for hydroxylation is 2. The molecular weight excluding hydrogens is 352 g/mol. The van der Waals surface area contributed by atoms with Crippen molar-refractivity contribution in [3.63, 3.8) is 0 Å². The van der Waals surface area contributed by atoms with Crippen molar-refractivity contribution in [3.05, 3.63) is 52.8 Å². The maximum atomic E-state index is 13.2. The number of nitrogens with one attached hydrogen (secondary N) is 1. The number of benzene rings is 1. The van der Waals surface area contributed by atoms with Crippen LogP contribution >= 0.6 is 0 Å². The van der Waals surface area contributed by atoms with Gasteiger partial charge in [0.1, 0.15) is 0 Å². The van der Waals surface area contributed by atoms with Crippen molar-refractivity contribution in [1.29, 1.82) is 0 Å². The maximum absolute atomic E-state index is 13.2. The molecule has 0 radical (unpaired) electrons. The van der Waals surface area contributed by atoms with Gasteiger partial charge in [0, 0.05) is 43.7 Å². The Balaban J connectivity index is 1.37. The van der Waals surface area contributed by atoms with Crippen molar-refractivity contribution in [2.45, 2.75) is 44.2 Å². The van der Waals surface area contributed by atoms with Gasteiger partial charge in [-0.25, -0.2) is 0 Å². The summed E-state index contributed by atoms with van der Waals surface area (Å²) < 4.78 is 1.80. The number of carbonyl (C=O) groups excluding carboxylic acids is 2. The molecule has 5 rings (SSSR count). The van der Waals surface area contributed by atoms with E-state index in [2.05, 4.69) is 34.7 Å². The molecule has 5 unspecified atom stereocenters. The summed E-state index contributed by atoms with van der Waals surface area (Å²) in [4.78, 5) is 27.4. The average molecular weight is 378 g/mol. The number of hydrogen-bond donors (Lipinski definition) is 1. The lowest BCUT2D eigenvalue weighted by Crippen LogP contribution is -2.36. The highest BCUT2D eigenvalue weighted by Crippen LogP contribution is 2.54. The van der Waals surface area contributed by atoms with Crippen LogP contribution in [0.3, 0.4) is 0 Å². The Hall–Kier alpha value is -2.63. The minimum Gasteiger partial charge on any atom is -0.352 e. The van der Waals surface area contributed by atoms with E-state index in [9.17, 15) is 9.59 Å². The molecule has 2 fully saturated rings. The molecule has 28 heavy (non-hydrogen) atoms. The molecule has 0 spiro atoms. The summed E-state index contributed by atoms with van der Waals surface area (Å²) >= 11 is 0. The van der Waals surface area contributed by atoms with Crippen LogP contribution in [0.25, 0.3) is 0 Å². The second kappa shape index (κ2) is 6.19. The standard InChI is InChI=1S/C22H26N4O2/c1-12-17(11-23-26(12)3)21-16(10-18(27)25(21)2)22(28)24-20-15-9-8-13-6-4-5-7-14(13)19(15)20/h4-7,11,15-16,19-21H,8-10H2,1-3H3,(H,24,28). The number of carbonyl (C=O) groups is 2. The molecule has 2 aromatic rings. The van der Waals surface area contributed by atoms with Crippen molar-refractivity contribution in [1.82, 2.24) is 20.0 Å². The Labute approximate surface area is 164 Å². The number of amides is 2. The van der Waals surface area contributed by atoms with Crippen molar-refractivity contribution in [2.24, 2.45) is 18.9 Å². The first kappa shape index (κ1) is 17.5. The quantitative estimate of drug-likeness (QED) is 0.889. The Morgan fingerprint density at radius 3 is 2.75 bits per heavy atom. The zero-order valence-corrected chi connectivity index (χ0v) is 16.6. The Bertz CT molecular complexity index is 965. The van der Waals surface area contributed by atoms with Crippen LogP contribution in [0, 0.1) is 18.8 Å². The molecule has 6 heteroatoms. The lowest BCUT2D eigenvalue weighted by molar-refractivity contribution is -0.128. The molecule has 0 bridgehead atoms. The first-order chi connectivity index (χ1) is 13.5. The van der Waals surface area contributed by atoms with E-state index in [4.69, 9.17) is 0 Å². The molecule has 1 aromatic carbocycles. The fourth-order valence-corrected chi connectivity index (χ4v) is 5.37. The van der Waals surface area contributed by atoms with Gasteiger partial charge in [0.25, 0.3) is 0 Å². The molecule has 1 saturated carbocycles. The zero-order valence-electron chi connectivity index (χ0n) is 16.6. The van der Waals surface area contributed by atoms with Crippen LogP contribution in [0.1, 0.15) is 47.2 Å². The van der Waals surface area contributed by atoms with E-state index in [0.29, 0.717) is 11.8 Å². The minimum absolute atomic E-state index is 0.00262. The second-order valence-electron chi connectivity index (χ2n) is 8.53. The van der Waals surface area contributed by atoms with Crippen LogP contribution < -0.4 is 5.32 Å². The largest absolute Gasteiger partial charge is 0.352 e. The molecule has 2 aliphatic carbocycles. The van der Waals surface area contributed by atoms with Gasteiger partial charge in [-0.3, -0.25) is 14.3 Å². The van der Waals surface area contributed by atoms with Crippen LogP contribution in [0.15, 0.2) is 30.5 Å². The summed E-state index contributed by atoms with van der Waals surface area (Å²) in [5.74, 6) is 0.627. The van der Waals surface area contributed by atoms with Gasteiger partial charge in [-0.2, -0.15) is 5.10 Å². The molecule has 2 amide bonds. The predicted octanol–water partition coefficient (Wildman–Crippen LogP) is 2.09. The van der Waals surface area contributed by atoms with E-state index in [1.807, 2.05) is 14.0 Å². The summed E-state index contributed by atoms with van der Waals surface area (Å²) in [6.45, 7) is 1.99. The van der Waals surface area contributed by atoms with Gasteiger partial charge in [0.05, 0.1) is 18.2 Å². The van der Waals surface area contributed by atoms with E-state index in [1.165, 1.54) is 11.1 Å². The van der Waals surface area contributed by atoms with Crippen molar-refractivity contribution in [3.8, 4) is 0 Å². The molecule has 1 N–H and O–H groups in total. The van der Waals surface area contributed by atoms with Gasteiger partial charge >= 0.3 is 0 Å². The van der Waals surface area contributed by atoms with E-state index in [1.54, 1.807) is 22.8 Å². The predicted molar refractivity (Wildman–Crippen MR) is 104 cm³/mol. The number of likely N-dealkylation sites (tertiary alicyclic amines) is 1. The zero-order chi connectivity index (χ0) is 19.6. The highest BCUT2D eigenvalue weighted by atomic mass is 16.2. The van der Waals surface area contributed by atoms with Crippen molar-refractivity contribution < 1.29 is 9.59 Å². The van der Waals surface area contributed by atoms with Crippen LogP contribution in [0.5, 0.6) is 0 Å². The van der Waals surface area contributed by atoms with Crippen molar-refractivity contribution in [2.75, 3.05) is 7.05 Å². The highest BCUT2D eigenvalue weighted by molar-refractivity contribution is 5.90. The average Bonchev–Trinajstić information content (AvgIpc) is 3.19. The molecule has 2 heterocycles. The molecule has 1 saturated heterocycles. The monoisotopic (exact) mass is 378 g/mol. The Morgan fingerprint density at radius 2 is 2.00 bits per heavy atom. The number of aromatic nitrogens is 2. The molecule has 6 nitrogen and oxygen atoms in total. The smallest absolute Gasteiger partial charge is 0.226 e. The van der Waals surface area contributed by atoms with Gasteiger partial charge in [-0.15, -0.1) is 0 Å². The second-order valence-corrected chi connectivity index (χ2v) is 8.53. The number of fused-ring (bicyclic) bond motifs is 3. The summed E-state index contributed by atoms with van der Waals surface area (Å²) in [6.07, 6.45) is 4.27. The Kier molecular flexibility index (Phi) is 3.86. The van der Waals surface area contributed by atoms with Gasteiger partial charge in [0.15, 0.2) is 0 Å². The first-order valence-electron chi connectivity index (χ1n) is 10.1. The van der Waals surface area contributed by atoms with Crippen molar-refractivity contribution >= 4 is 11.8 Å². The summed E-state index contributed by atoms with van der Waals surface area (Å²) in [7, 11) is 3.68.